The van der Waals surface area contributed by atoms with Crippen LogP contribution in [0.4, 0.5) is 0 Å². The van der Waals surface area contributed by atoms with Gasteiger partial charge in [-0.2, -0.15) is 0 Å². The van der Waals surface area contributed by atoms with Crippen molar-refractivity contribution in [3.63, 3.8) is 0 Å². The smallest absolute Gasteiger partial charge is 0.223 e. The number of rotatable bonds is 7. The Morgan fingerprint density at radius 1 is 1.27 bits per heavy atom. The second-order valence-electron chi connectivity index (χ2n) is 6.15. The minimum Gasteiger partial charge on any atom is -0.352 e. The molecule has 3 aromatic rings. The molecule has 1 unspecified atom stereocenters. The van der Waals surface area contributed by atoms with Gasteiger partial charge in [0.15, 0.2) is 0 Å². The van der Waals surface area contributed by atoms with Crippen molar-refractivity contribution < 1.29 is 4.79 Å². The molecule has 2 aromatic heterocycles. The number of benzene rings is 1. The molecule has 0 aliphatic carbocycles. The Balaban J connectivity index is 1.56. The molecule has 0 radical (unpaired) electrons. The van der Waals surface area contributed by atoms with E-state index in [4.69, 9.17) is 0 Å². The third-order valence-electron chi connectivity index (χ3n) is 4.28. The lowest BCUT2D eigenvalue weighted by molar-refractivity contribution is -0.125. The zero-order valence-electron chi connectivity index (χ0n) is 14.6. The van der Waals surface area contributed by atoms with Crippen LogP contribution in [0, 0.1) is 5.92 Å². The Labute approximate surface area is 161 Å². The maximum atomic E-state index is 12.5. The van der Waals surface area contributed by atoms with E-state index in [-0.39, 0.29) is 11.8 Å². The van der Waals surface area contributed by atoms with Crippen molar-refractivity contribution in [3.05, 3.63) is 76.9 Å². The predicted molar refractivity (Wildman–Crippen MR) is 105 cm³/mol. The molecule has 0 aliphatic rings. The largest absolute Gasteiger partial charge is 0.352 e. The fourth-order valence-corrected chi connectivity index (χ4v) is 3.22. The third kappa shape index (κ3) is 4.79. The van der Waals surface area contributed by atoms with Crippen LogP contribution in [0.5, 0.6) is 0 Å². The Bertz CT molecular complexity index is 847. The summed E-state index contributed by atoms with van der Waals surface area (Å²) in [4.78, 5) is 21.0. The minimum atomic E-state index is -0.0394. The van der Waals surface area contributed by atoms with Crippen LogP contribution in [0.1, 0.15) is 24.5 Å². The van der Waals surface area contributed by atoms with Gasteiger partial charge in [-0.1, -0.05) is 41.1 Å². The average molecular weight is 413 g/mol. The highest BCUT2D eigenvalue weighted by Crippen LogP contribution is 2.17. The van der Waals surface area contributed by atoms with Crippen LogP contribution in [0.15, 0.2) is 65.8 Å². The second kappa shape index (κ2) is 8.76. The summed E-state index contributed by atoms with van der Waals surface area (Å²) >= 11 is 3.48. The Hall–Kier alpha value is -2.47. The fourth-order valence-electron chi connectivity index (χ4n) is 2.77. The maximum Gasteiger partial charge on any atom is 0.223 e. The summed E-state index contributed by atoms with van der Waals surface area (Å²) in [5.74, 6) is 0.840. The molecule has 1 amide bonds. The topological polar surface area (TPSA) is 59.8 Å². The summed E-state index contributed by atoms with van der Waals surface area (Å²) in [6, 6.07) is 12.0. The van der Waals surface area contributed by atoms with E-state index in [9.17, 15) is 4.79 Å². The average Bonchev–Trinajstić information content (AvgIpc) is 3.19. The van der Waals surface area contributed by atoms with Gasteiger partial charge in [0.2, 0.25) is 5.91 Å². The van der Waals surface area contributed by atoms with Crippen molar-refractivity contribution >= 4 is 21.8 Å². The van der Waals surface area contributed by atoms with Gasteiger partial charge in [0.25, 0.3) is 0 Å². The lowest BCUT2D eigenvalue weighted by Crippen LogP contribution is -2.31. The predicted octanol–water partition coefficient (Wildman–Crippen LogP) is 3.91. The van der Waals surface area contributed by atoms with Gasteiger partial charge in [-0.15, -0.1) is 0 Å². The van der Waals surface area contributed by atoms with E-state index in [0.29, 0.717) is 6.54 Å². The first-order valence-corrected chi connectivity index (χ1v) is 9.40. The van der Waals surface area contributed by atoms with Crippen LogP contribution in [0.2, 0.25) is 0 Å². The molecule has 0 spiro atoms. The summed E-state index contributed by atoms with van der Waals surface area (Å²) in [5, 5.41) is 3.03. The van der Waals surface area contributed by atoms with Gasteiger partial charge >= 0.3 is 0 Å². The zero-order chi connectivity index (χ0) is 18.4. The number of nitrogens with zero attached hydrogens (tertiary/aromatic N) is 3. The van der Waals surface area contributed by atoms with E-state index < -0.39 is 0 Å². The first-order valence-electron chi connectivity index (χ1n) is 8.61. The number of hydrogen-bond donors (Lipinski definition) is 1. The first kappa shape index (κ1) is 18.3. The molecule has 0 fully saturated rings. The summed E-state index contributed by atoms with van der Waals surface area (Å²) in [5.41, 5.74) is 2.13. The van der Waals surface area contributed by atoms with E-state index in [1.54, 1.807) is 18.7 Å². The quantitative estimate of drug-likeness (QED) is 0.639. The summed E-state index contributed by atoms with van der Waals surface area (Å²) < 4.78 is 2.88. The van der Waals surface area contributed by atoms with E-state index in [1.165, 1.54) is 0 Å². The third-order valence-corrected chi connectivity index (χ3v) is 4.77. The van der Waals surface area contributed by atoms with Gasteiger partial charge in [-0.05, 0) is 42.2 Å². The fraction of sp³-hybridized carbons (Fsp3) is 0.250. The zero-order valence-corrected chi connectivity index (χ0v) is 16.2. The van der Waals surface area contributed by atoms with Crippen LogP contribution in [-0.4, -0.2) is 20.4 Å². The van der Waals surface area contributed by atoms with Gasteiger partial charge < -0.3 is 5.32 Å². The number of carbonyl (C=O) groups is 1. The minimum absolute atomic E-state index is 0.0394. The Morgan fingerprint density at radius 3 is 2.81 bits per heavy atom. The SMILES string of the molecule is CCC(Cc1cccc(Br)c1)C(=O)NCc1ccc(-n2ccnc2)nc1. The van der Waals surface area contributed by atoms with Gasteiger partial charge in [0.05, 0.1) is 0 Å². The van der Waals surface area contributed by atoms with E-state index in [2.05, 4.69) is 43.3 Å². The molecular weight excluding hydrogens is 392 g/mol. The number of amides is 1. The highest BCUT2D eigenvalue weighted by Gasteiger charge is 2.17. The Morgan fingerprint density at radius 2 is 2.15 bits per heavy atom. The van der Waals surface area contributed by atoms with Crippen molar-refractivity contribution in [2.45, 2.75) is 26.3 Å². The molecule has 0 aliphatic heterocycles. The molecule has 0 saturated heterocycles. The maximum absolute atomic E-state index is 12.5. The molecule has 1 atom stereocenters. The monoisotopic (exact) mass is 412 g/mol. The van der Waals surface area contributed by atoms with Crippen LogP contribution < -0.4 is 5.32 Å². The van der Waals surface area contributed by atoms with Crippen LogP contribution in [0.3, 0.4) is 0 Å². The van der Waals surface area contributed by atoms with E-state index in [1.807, 2.05) is 42.0 Å². The molecule has 5 nitrogen and oxygen atoms in total. The number of aromatic nitrogens is 3. The number of imidazole rings is 1. The molecule has 3 rings (SSSR count). The molecule has 0 saturated carbocycles. The van der Waals surface area contributed by atoms with Crippen LogP contribution >= 0.6 is 15.9 Å². The molecule has 26 heavy (non-hydrogen) atoms. The highest BCUT2D eigenvalue weighted by atomic mass is 79.9. The number of carbonyl (C=O) groups excluding carboxylic acids is 1. The van der Waals surface area contributed by atoms with Crippen molar-refractivity contribution in [3.8, 4) is 5.82 Å². The second-order valence-corrected chi connectivity index (χ2v) is 7.07. The Kier molecular flexibility index (Phi) is 6.17. The summed E-state index contributed by atoms with van der Waals surface area (Å²) in [7, 11) is 0. The summed E-state index contributed by atoms with van der Waals surface area (Å²) in [6.45, 7) is 2.52. The van der Waals surface area contributed by atoms with E-state index >= 15 is 0 Å². The van der Waals surface area contributed by atoms with Crippen LogP contribution in [0.25, 0.3) is 5.82 Å². The number of hydrogen-bond acceptors (Lipinski definition) is 3. The normalized spacial score (nSPS) is 11.9. The molecule has 1 N–H and O–H groups in total. The van der Waals surface area contributed by atoms with Crippen LogP contribution in [-0.2, 0) is 17.8 Å². The standard InChI is InChI=1S/C20H21BrN4O/c1-2-17(10-15-4-3-5-18(21)11-15)20(26)24-13-16-6-7-19(23-12-16)25-9-8-22-14-25/h3-9,11-12,14,17H,2,10,13H2,1H3,(H,24,26). The number of halogens is 1. The van der Waals surface area contributed by atoms with Gasteiger partial charge in [0.1, 0.15) is 12.1 Å². The molecule has 134 valence electrons. The van der Waals surface area contributed by atoms with Crippen molar-refractivity contribution in [1.82, 2.24) is 19.9 Å². The van der Waals surface area contributed by atoms with E-state index in [0.717, 1.165) is 34.3 Å². The van der Waals surface area contributed by atoms with Gasteiger partial charge in [-0.3, -0.25) is 9.36 Å². The van der Waals surface area contributed by atoms with Gasteiger partial charge in [-0.25, -0.2) is 9.97 Å². The lowest BCUT2D eigenvalue weighted by atomic mass is 9.96. The molecular formula is C20H21BrN4O. The van der Waals surface area contributed by atoms with Gasteiger partial charge in [0, 0.05) is 35.5 Å². The molecule has 1 aromatic carbocycles. The van der Waals surface area contributed by atoms with Crippen molar-refractivity contribution in [2.24, 2.45) is 5.92 Å². The molecule has 0 bridgehead atoms. The number of pyridine rings is 1. The lowest BCUT2D eigenvalue weighted by Gasteiger charge is -2.15. The number of nitrogens with one attached hydrogen (secondary N) is 1. The first-order chi connectivity index (χ1) is 12.7. The molecule has 2 heterocycles. The van der Waals surface area contributed by atoms with Crippen molar-refractivity contribution in [2.75, 3.05) is 0 Å². The molecule has 6 heteroatoms. The highest BCUT2D eigenvalue weighted by molar-refractivity contribution is 9.10. The summed E-state index contributed by atoms with van der Waals surface area (Å²) in [6.07, 6.45) is 8.59. The van der Waals surface area contributed by atoms with Crippen molar-refractivity contribution in [1.29, 1.82) is 0 Å².